The van der Waals surface area contributed by atoms with Gasteiger partial charge in [0, 0.05) is 23.7 Å². The van der Waals surface area contributed by atoms with E-state index < -0.39 is 0 Å². The van der Waals surface area contributed by atoms with Crippen LogP contribution in [0.1, 0.15) is 23.5 Å². The Balaban J connectivity index is 2.21. The molecule has 0 radical (unpaired) electrons. The number of rotatable bonds is 5. The molecule has 0 spiro atoms. The van der Waals surface area contributed by atoms with E-state index in [1.807, 2.05) is 44.2 Å². The molecule has 1 amide bonds. The number of amides is 1. The van der Waals surface area contributed by atoms with Crippen LogP contribution < -0.4 is 5.73 Å². The molecule has 0 fully saturated rings. The summed E-state index contributed by atoms with van der Waals surface area (Å²) in [5, 5.41) is 1.11. The van der Waals surface area contributed by atoms with Gasteiger partial charge in [-0.15, -0.1) is 11.3 Å². The van der Waals surface area contributed by atoms with Crippen molar-refractivity contribution >= 4 is 44.5 Å². The van der Waals surface area contributed by atoms with E-state index in [1.165, 1.54) is 11.3 Å². The Morgan fingerprint density at radius 3 is 2.75 bits per heavy atom. The molecule has 1 heterocycles. The summed E-state index contributed by atoms with van der Waals surface area (Å²) in [4.78, 5) is 15.6. The Bertz CT molecular complexity index is 603. The topological polar surface area (TPSA) is 46.3 Å². The smallest absolute Gasteiger partial charge is 0.263 e. The lowest BCUT2D eigenvalue weighted by Crippen LogP contribution is -2.37. The number of thiocarbonyl (C=S) groups is 1. The van der Waals surface area contributed by atoms with Crippen LogP contribution in [0.15, 0.2) is 30.3 Å². The predicted molar refractivity (Wildman–Crippen MR) is 89.4 cm³/mol. The van der Waals surface area contributed by atoms with Crippen molar-refractivity contribution in [1.29, 1.82) is 0 Å². The van der Waals surface area contributed by atoms with Gasteiger partial charge in [-0.2, -0.15) is 0 Å². The van der Waals surface area contributed by atoms with Gasteiger partial charge in [0.25, 0.3) is 5.91 Å². The minimum Gasteiger partial charge on any atom is -0.393 e. The Hall–Kier alpha value is -1.46. The highest BCUT2D eigenvalue weighted by atomic mass is 32.1. The number of hydrogen-bond donors (Lipinski definition) is 1. The molecule has 0 aliphatic heterocycles. The molecule has 1 aromatic carbocycles. The number of thiophene rings is 1. The summed E-state index contributed by atoms with van der Waals surface area (Å²) in [5.41, 5.74) is 5.64. The molecule has 0 aliphatic rings. The maximum absolute atomic E-state index is 12.6. The zero-order valence-electron chi connectivity index (χ0n) is 11.6. The molecule has 2 rings (SSSR count). The lowest BCUT2D eigenvalue weighted by molar-refractivity contribution is 0.0760. The molecule has 0 saturated carbocycles. The van der Waals surface area contributed by atoms with Gasteiger partial charge >= 0.3 is 0 Å². The fourth-order valence-electron chi connectivity index (χ4n) is 2.02. The second kappa shape index (κ2) is 6.33. The summed E-state index contributed by atoms with van der Waals surface area (Å²) in [7, 11) is 0. The molecule has 2 aromatic rings. The number of carbonyl (C=O) groups is 1. The Morgan fingerprint density at radius 2 is 2.15 bits per heavy atom. The van der Waals surface area contributed by atoms with Crippen LogP contribution in [-0.4, -0.2) is 28.9 Å². The second-order valence-corrected chi connectivity index (χ2v) is 6.35. The van der Waals surface area contributed by atoms with Crippen LogP contribution in [0.2, 0.25) is 0 Å². The van der Waals surface area contributed by atoms with Crippen LogP contribution in [-0.2, 0) is 0 Å². The van der Waals surface area contributed by atoms with E-state index in [4.69, 9.17) is 18.0 Å². The average molecular weight is 306 g/mol. The molecule has 20 heavy (non-hydrogen) atoms. The van der Waals surface area contributed by atoms with Crippen molar-refractivity contribution in [3.8, 4) is 0 Å². The van der Waals surface area contributed by atoms with E-state index in [1.54, 1.807) is 4.90 Å². The van der Waals surface area contributed by atoms with Gasteiger partial charge in [-0.3, -0.25) is 4.79 Å². The zero-order chi connectivity index (χ0) is 14.7. The predicted octanol–water partition coefficient (Wildman–Crippen LogP) is 3.29. The molecule has 1 aromatic heterocycles. The fourth-order valence-corrected chi connectivity index (χ4v) is 3.12. The monoisotopic (exact) mass is 306 g/mol. The Labute approximate surface area is 128 Å². The first-order chi connectivity index (χ1) is 9.52. The minimum absolute atomic E-state index is 0.0308. The Kier molecular flexibility index (Phi) is 4.73. The first-order valence-electron chi connectivity index (χ1n) is 6.60. The van der Waals surface area contributed by atoms with Crippen LogP contribution in [0.25, 0.3) is 10.1 Å². The van der Waals surface area contributed by atoms with E-state index in [0.29, 0.717) is 18.1 Å². The molecule has 0 bridgehead atoms. The quantitative estimate of drug-likeness (QED) is 0.862. The van der Waals surface area contributed by atoms with Gasteiger partial charge in [0.05, 0.1) is 9.87 Å². The van der Waals surface area contributed by atoms with E-state index >= 15 is 0 Å². The van der Waals surface area contributed by atoms with Crippen LogP contribution in [0.3, 0.4) is 0 Å². The van der Waals surface area contributed by atoms with E-state index in [9.17, 15) is 4.79 Å². The largest absolute Gasteiger partial charge is 0.393 e. The van der Waals surface area contributed by atoms with Crippen LogP contribution >= 0.6 is 23.6 Å². The van der Waals surface area contributed by atoms with E-state index in [-0.39, 0.29) is 11.8 Å². The summed E-state index contributed by atoms with van der Waals surface area (Å²) in [6.45, 7) is 5.14. The van der Waals surface area contributed by atoms with Crippen molar-refractivity contribution < 1.29 is 4.79 Å². The van der Waals surface area contributed by atoms with E-state index in [2.05, 4.69) is 0 Å². The standard InChI is InChI=1S/C15H18N2OS2/c1-3-17(9-10(2)14(16)19)15(18)13-8-11-6-4-5-7-12(11)20-13/h4-8,10H,3,9H2,1-2H3,(H2,16,19). The number of carbonyl (C=O) groups excluding carboxylic acids is 1. The third-order valence-corrected chi connectivity index (χ3v) is 4.79. The number of hydrogen-bond acceptors (Lipinski definition) is 3. The van der Waals surface area contributed by atoms with Gasteiger partial charge in [-0.1, -0.05) is 37.3 Å². The molecule has 0 aliphatic carbocycles. The average Bonchev–Trinajstić information content (AvgIpc) is 2.87. The highest BCUT2D eigenvalue weighted by molar-refractivity contribution is 7.80. The summed E-state index contributed by atoms with van der Waals surface area (Å²) < 4.78 is 1.13. The molecule has 106 valence electrons. The third-order valence-electron chi connectivity index (χ3n) is 3.29. The summed E-state index contributed by atoms with van der Waals surface area (Å²) in [6.07, 6.45) is 0. The highest BCUT2D eigenvalue weighted by Gasteiger charge is 2.19. The number of nitrogens with zero attached hydrogens (tertiary/aromatic N) is 1. The van der Waals surface area contributed by atoms with Gasteiger partial charge in [0.1, 0.15) is 0 Å². The van der Waals surface area contributed by atoms with E-state index in [0.717, 1.165) is 15.0 Å². The SMILES string of the molecule is CCN(CC(C)C(N)=S)C(=O)c1cc2ccccc2s1. The van der Waals surface area contributed by atoms with Crippen molar-refractivity contribution in [2.75, 3.05) is 13.1 Å². The number of benzene rings is 1. The van der Waals surface area contributed by atoms with Crippen molar-refractivity contribution in [3.63, 3.8) is 0 Å². The van der Waals surface area contributed by atoms with Gasteiger partial charge < -0.3 is 10.6 Å². The maximum atomic E-state index is 12.6. The summed E-state index contributed by atoms with van der Waals surface area (Å²) >= 11 is 6.51. The van der Waals surface area contributed by atoms with Gasteiger partial charge in [0.15, 0.2) is 0 Å². The number of nitrogens with two attached hydrogens (primary N) is 1. The first-order valence-corrected chi connectivity index (χ1v) is 7.82. The highest BCUT2D eigenvalue weighted by Crippen LogP contribution is 2.26. The summed E-state index contributed by atoms with van der Waals surface area (Å²) in [5.74, 6) is 0.0834. The molecule has 3 nitrogen and oxygen atoms in total. The molecule has 1 atom stereocenters. The Morgan fingerprint density at radius 1 is 1.45 bits per heavy atom. The molecule has 5 heteroatoms. The minimum atomic E-state index is 0.0308. The lowest BCUT2D eigenvalue weighted by atomic mass is 10.1. The molecule has 2 N–H and O–H groups in total. The molecule has 1 unspecified atom stereocenters. The van der Waals surface area contributed by atoms with Crippen LogP contribution in [0.5, 0.6) is 0 Å². The maximum Gasteiger partial charge on any atom is 0.263 e. The van der Waals surface area contributed by atoms with Crippen LogP contribution in [0.4, 0.5) is 0 Å². The van der Waals surface area contributed by atoms with Crippen molar-refractivity contribution in [2.24, 2.45) is 11.7 Å². The normalized spacial score (nSPS) is 12.3. The number of fused-ring (bicyclic) bond motifs is 1. The van der Waals surface area contributed by atoms with Crippen LogP contribution in [0, 0.1) is 5.92 Å². The van der Waals surface area contributed by atoms with Crippen molar-refractivity contribution in [1.82, 2.24) is 4.90 Å². The van der Waals surface area contributed by atoms with Gasteiger partial charge in [-0.25, -0.2) is 0 Å². The zero-order valence-corrected chi connectivity index (χ0v) is 13.3. The molecular formula is C15H18N2OS2. The van der Waals surface area contributed by atoms with Gasteiger partial charge in [0.2, 0.25) is 0 Å². The lowest BCUT2D eigenvalue weighted by Gasteiger charge is -2.23. The summed E-state index contributed by atoms with van der Waals surface area (Å²) in [6, 6.07) is 9.98. The second-order valence-electron chi connectivity index (χ2n) is 4.80. The first kappa shape index (κ1) is 14.9. The van der Waals surface area contributed by atoms with Crippen molar-refractivity contribution in [3.05, 3.63) is 35.2 Å². The fraction of sp³-hybridized carbons (Fsp3) is 0.333. The van der Waals surface area contributed by atoms with Gasteiger partial charge in [-0.05, 0) is 24.4 Å². The third kappa shape index (κ3) is 3.16. The molecular weight excluding hydrogens is 288 g/mol. The van der Waals surface area contributed by atoms with Crippen molar-refractivity contribution in [2.45, 2.75) is 13.8 Å². The molecule has 0 saturated heterocycles.